The quantitative estimate of drug-likeness (QED) is 0.867. The molecule has 0 saturated carbocycles. The molecule has 1 heterocycles. The summed E-state index contributed by atoms with van der Waals surface area (Å²) in [7, 11) is 1.99. The number of nitrogens with zero attached hydrogens (tertiary/aromatic N) is 2. The van der Waals surface area contributed by atoms with E-state index in [1.54, 1.807) is 6.07 Å². The number of rotatable bonds is 4. The Morgan fingerprint density at radius 1 is 1.39 bits per heavy atom. The molecule has 1 saturated heterocycles. The molecule has 0 bridgehead atoms. The van der Waals surface area contributed by atoms with E-state index in [9.17, 15) is 4.39 Å². The van der Waals surface area contributed by atoms with Gasteiger partial charge in [-0.2, -0.15) is 0 Å². The molecule has 5 heteroatoms. The highest BCUT2D eigenvalue weighted by Crippen LogP contribution is 2.28. The van der Waals surface area contributed by atoms with Crippen molar-refractivity contribution < 1.29 is 4.39 Å². The van der Waals surface area contributed by atoms with Gasteiger partial charge < -0.3 is 15.5 Å². The maximum absolute atomic E-state index is 13.3. The fraction of sp³-hybridized carbons (Fsp3) is 0.538. The van der Waals surface area contributed by atoms with Crippen LogP contribution < -0.4 is 10.6 Å². The SMILES string of the molecule is CN(CCN1CCCC1)c1cc(Br)c(F)cc1N. The molecule has 0 spiro atoms. The molecule has 0 aliphatic carbocycles. The summed E-state index contributed by atoms with van der Waals surface area (Å²) in [5, 5.41) is 0. The van der Waals surface area contributed by atoms with Gasteiger partial charge in [0.1, 0.15) is 5.82 Å². The Kier molecular flexibility index (Phi) is 4.45. The van der Waals surface area contributed by atoms with Gasteiger partial charge in [0.05, 0.1) is 15.8 Å². The van der Waals surface area contributed by atoms with Crippen molar-refractivity contribution in [2.45, 2.75) is 12.8 Å². The van der Waals surface area contributed by atoms with E-state index in [2.05, 4.69) is 25.7 Å². The number of anilines is 2. The zero-order valence-electron chi connectivity index (χ0n) is 10.6. The van der Waals surface area contributed by atoms with Crippen LogP contribution in [0.5, 0.6) is 0 Å². The molecular weight excluding hydrogens is 297 g/mol. The van der Waals surface area contributed by atoms with Crippen molar-refractivity contribution >= 4 is 27.3 Å². The van der Waals surface area contributed by atoms with Crippen molar-refractivity contribution in [1.82, 2.24) is 4.90 Å². The summed E-state index contributed by atoms with van der Waals surface area (Å²) in [4.78, 5) is 4.53. The van der Waals surface area contributed by atoms with Gasteiger partial charge >= 0.3 is 0 Å². The molecular formula is C13H19BrFN3. The second-order valence-electron chi connectivity index (χ2n) is 4.80. The first-order valence-electron chi connectivity index (χ1n) is 6.26. The first-order valence-corrected chi connectivity index (χ1v) is 7.05. The monoisotopic (exact) mass is 315 g/mol. The smallest absolute Gasteiger partial charge is 0.139 e. The lowest BCUT2D eigenvalue weighted by atomic mass is 10.2. The molecule has 1 fully saturated rings. The summed E-state index contributed by atoms with van der Waals surface area (Å²) in [6.45, 7) is 4.32. The van der Waals surface area contributed by atoms with E-state index in [1.165, 1.54) is 32.0 Å². The summed E-state index contributed by atoms with van der Waals surface area (Å²) < 4.78 is 13.8. The highest BCUT2D eigenvalue weighted by molar-refractivity contribution is 9.10. The summed E-state index contributed by atoms with van der Waals surface area (Å²) in [6.07, 6.45) is 2.60. The van der Waals surface area contributed by atoms with Crippen LogP contribution in [-0.2, 0) is 0 Å². The van der Waals surface area contributed by atoms with Gasteiger partial charge in [-0.15, -0.1) is 0 Å². The van der Waals surface area contributed by atoms with Crippen molar-refractivity contribution in [2.24, 2.45) is 0 Å². The summed E-state index contributed by atoms with van der Waals surface area (Å²) >= 11 is 3.20. The molecule has 1 aromatic rings. The average molecular weight is 316 g/mol. The standard InChI is InChI=1S/C13H19BrFN3/c1-17(6-7-18-4-2-3-5-18)13-8-10(14)11(15)9-12(13)16/h8-9H,2-7,16H2,1H3. The van der Waals surface area contributed by atoms with Gasteiger partial charge in [0.15, 0.2) is 0 Å². The lowest BCUT2D eigenvalue weighted by Gasteiger charge is -2.24. The zero-order valence-corrected chi connectivity index (χ0v) is 12.2. The van der Waals surface area contributed by atoms with Gasteiger partial charge in [0, 0.05) is 26.2 Å². The average Bonchev–Trinajstić information content (AvgIpc) is 2.84. The third kappa shape index (κ3) is 3.14. The van der Waals surface area contributed by atoms with Crippen LogP contribution in [0, 0.1) is 5.82 Å². The summed E-state index contributed by atoms with van der Waals surface area (Å²) in [5.41, 5.74) is 7.22. The fourth-order valence-corrected chi connectivity index (χ4v) is 2.63. The van der Waals surface area contributed by atoms with Crippen LogP contribution in [-0.4, -0.2) is 38.1 Å². The molecule has 2 N–H and O–H groups in total. The van der Waals surface area contributed by atoms with E-state index >= 15 is 0 Å². The second-order valence-corrected chi connectivity index (χ2v) is 5.65. The third-order valence-electron chi connectivity index (χ3n) is 3.43. The Balaban J connectivity index is 1.99. The van der Waals surface area contributed by atoms with Gasteiger partial charge in [-0.3, -0.25) is 0 Å². The minimum atomic E-state index is -0.316. The minimum absolute atomic E-state index is 0.316. The summed E-state index contributed by atoms with van der Waals surface area (Å²) in [6, 6.07) is 3.11. The maximum atomic E-state index is 13.3. The Morgan fingerprint density at radius 3 is 2.72 bits per heavy atom. The molecule has 18 heavy (non-hydrogen) atoms. The molecule has 100 valence electrons. The number of hydrogen-bond donors (Lipinski definition) is 1. The first-order chi connectivity index (χ1) is 8.58. The molecule has 1 aliphatic heterocycles. The van der Waals surface area contributed by atoms with E-state index in [1.807, 2.05) is 7.05 Å². The molecule has 1 aromatic carbocycles. The largest absolute Gasteiger partial charge is 0.397 e. The van der Waals surface area contributed by atoms with Gasteiger partial charge in [-0.1, -0.05) is 0 Å². The van der Waals surface area contributed by atoms with Crippen LogP contribution >= 0.6 is 15.9 Å². The van der Waals surface area contributed by atoms with Gasteiger partial charge in [0.2, 0.25) is 0 Å². The number of nitrogens with two attached hydrogens (primary N) is 1. The molecule has 2 rings (SSSR count). The number of likely N-dealkylation sites (tertiary alicyclic amines) is 1. The molecule has 0 unspecified atom stereocenters. The Labute approximate surface area is 116 Å². The highest BCUT2D eigenvalue weighted by atomic mass is 79.9. The number of halogens is 2. The molecule has 1 aliphatic rings. The van der Waals surface area contributed by atoms with Crippen LogP contribution in [0.2, 0.25) is 0 Å². The van der Waals surface area contributed by atoms with Crippen LogP contribution in [0.1, 0.15) is 12.8 Å². The normalized spacial score (nSPS) is 16.2. The molecule has 0 aromatic heterocycles. The molecule has 3 nitrogen and oxygen atoms in total. The van der Waals surface area contributed by atoms with Gasteiger partial charge in [-0.25, -0.2) is 4.39 Å². The van der Waals surface area contributed by atoms with Crippen molar-refractivity contribution in [3.05, 3.63) is 22.4 Å². The van der Waals surface area contributed by atoms with Crippen molar-refractivity contribution in [3.63, 3.8) is 0 Å². The number of hydrogen-bond acceptors (Lipinski definition) is 3. The van der Waals surface area contributed by atoms with Crippen molar-refractivity contribution in [2.75, 3.05) is 43.9 Å². The van der Waals surface area contributed by atoms with Crippen LogP contribution in [0.3, 0.4) is 0 Å². The van der Waals surface area contributed by atoms with Crippen LogP contribution in [0.15, 0.2) is 16.6 Å². The predicted molar refractivity (Wildman–Crippen MR) is 77.5 cm³/mol. The number of benzene rings is 1. The van der Waals surface area contributed by atoms with Gasteiger partial charge in [-0.05, 0) is 47.9 Å². The summed E-state index contributed by atoms with van der Waals surface area (Å²) in [5.74, 6) is -0.316. The highest BCUT2D eigenvalue weighted by Gasteiger charge is 2.14. The first kappa shape index (κ1) is 13.6. The maximum Gasteiger partial charge on any atom is 0.139 e. The Morgan fingerprint density at radius 2 is 2.06 bits per heavy atom. The van der Waals surface area contributed by atoms with E-state index < -0.39 is 0 Å². The van der Waals surface area contributed by atoms with E-state index in [-0.39, 0.29) is 5.82 Å². The third-order valence-corrected chi connectivity index (χ3v) is 4.04. The second kappa shape index (κ2) is 5.89. The topological polar surface area (TPSA) is 32.5 Å². The van der Waals surface area contributed by atoms with Crippen LogP contribution in [0.4, 0.5) is 15.8 Å². The van der Waals surface area contributed by atoms with E-state index in [0.29, 0.717) is 10.2 Å². The van der Waals surface area contributed by atoms with Crippen LogP contribution in [0.25, 0.3) is 0 Å². The molecule has 0 amide bonds. The lowest BCUT2D eigenvalue weighted by Crippen LogP contribution is -2.31. The fourth-order valence-electron chi connectivity index (χ4n) is 2.30. The zero-order chi connectivity index (χ0) is 13.1. The Bertz CT molecular complexity index is 419. The minimum Gasteiger partial charge on any atom is -0.397 e. The predicted octanol–water partition coefficient (Wildman–Crippen LogP) is 2.70. The van der Waals surface area contributed by atoms with E-state index in [0.717, 1.165) is 18.8 Å². The van der Waals surface area contributed by atoms with Crippen molar-refractivity contribution in [1.29, 1.82) is 0 Å². The van der Waals surface area contributed by atoms with E-state index in [4.69, 9.17) is 5.73 Å². The number of nitrogen functional groups attached to an aromatic ring is 1. The Hall–Kier alpha value is -0.810. The lowest BCUT2D eigenvalue weighted by molar-refractivity contribution is 0.346. The molecule has 0 atom stereocenters. The van der Waals surface area contributed by atoms with Gasteiger partial charge in [0.25, 0.3) is 0 Å². The molecule has 0 radical (unpaired) electrons. The number of likely N-dealkylation sites (N-methyl/N-ethyl adjacent to an activating group) is 1. The van der Waals surface area contributed by atoms with Crippen molar-refractivity contribution in [3.8, 4) is 0 Å².